The van der Waals surface area contributed by atoms with Crippen LogP contribution in [0.1, 0.15) is 16.7 Å². The van der Waals surface area contributed by atoms with Crippen molar-refractivity contribution in [1.29, 1.82) is 0 Å². The van der Waals surface area contributed by atoms with Gasteiger partial charge < -0.3 is 10.6 Å². The Kier molecular flexibility index (Phi) is 2.95. The van der Waals surface area contributed by atoms with Gasteiger partial charge in [0.15, 0.2) is 0 Å². The minimum atomic E-state index is -0.360. The Morgan fingerprint density at radius 2 is 1.68 bits per heavy atom. The summed E-state index contributed by atoms with van der Waals surface area (Å²) in [6.45, 7) is 1.52. The van der Waals surface area contributed by atoms with E-state index in [0.717, 1.165) is 18.8 Å². The van der Waals surface area contributed by atoms with E-state index in [9.17, 15) is 4.39 Å². The minimum Gasteiger partial charge on any atom is -0.389 e. The van der Waals surface area contributed by atoms with E-state index < -0.39 is 0 Å². The Hall–Kier alpha value is -1.94. The van der Waals surface area contributed by atoms with Crippen molar-refractivity contribution in [1.82, 2.24) is 0 Å². The van der Waals surface area contributed by atoms with E-state index in [2.05, 4.69) is 17.0 Å². The maximum atomic E-state index is 13.9. The second-order valence-electron chi connectivity index (χ2n) is 4.62. The summed E-state index contributed by atoms with van der Waals surface area (Å²) in [6.07, 6.45) is 0. The largest absolute Gasteiger partial charge is 0.389 e. The van der Waals surface area contributed by atoms with Gasteiger partial charge in [-0.3, -0.25) is 0 Å². The van der Waals surface area contributed by atoms with Crippen molar-refractivity contribution in [3.05, 3.63) is 65.0 Å². The average Bonchev–Trinajstić information content (AvgIpc) is 2.81. The summed E-state index contributed by atoms with van der Waals surface area (Å²) in [7, 11) is 0. The standard InChI is InChI=1S/C15H13FN2S/c16-12-6-3-7-13(14(12)15(17)19)18-8-10-4-1-2-5-11(10)9-18/h1-7H,8-9H2,(H2,17,19). The number of hydrogen-bond donors (Lipinski definition) is 1. The zero-order valence-corrected chi connectivity index (χ0v) is 11.1. The number of rotatable bonds is 2. The van der Waals surface area contributed by atoms with E-state index in [1.165, 1.54) is 17.2 Å². The number of nitrogens with zero attached hydrogens (tertiary/aromatic N) is 1. The molecule has 0 amide bonds. The maximum Gasteiger partial charge on any atom is 0.135 e. The molecule has 0 saturated carbocycles. The van der Waals surface area contributed by atoms with Crippen LogP contribution in [0, 0.1) is 5.82 Å². The smallest absolute Gasteiger partial charge is 0.135 e. The Morgan fingerprint density at radius 3 is 2.26 bits per heavy atom. The van der Waals surface area contributed by atoms with Gasteiger partial charge in [0.25, 0.3) is 0 Å². The van der Waals surface area contributed by atoms with E-state index >= 15 is 0 Å². The van der Waals surface area contributed by atoms with Crippen LogP contribution < -0.4 is 10.6 Å². The molecule has 2 aromatic carbocycles. The predicted molar refractivity (Wildman–Crippen MR) is 78.6 cm³/mol. The summed E-state index contributed by atoms with van der Waals surface area (Å²) in [5, 5.41) is 0. The average molecular weight is 272 g/mol. The molecular formula is C15H13FN2S. The van der Waals surface area contributed by atoms with Crippen LogP contribution in [0.5, 0.6) is 0 Å². The van der Waals surface area contributed by atoms with Gasteiger partial charge in [-0.15, -0.1) is 0 Å². The van der Waals surface area contributed by atoms with Crippen molar-refractivity contribution in [2.75, 3.05) is 4.90 Å². The fraction of sp³-hybridized carbons (Fsp3) is 0.133. The van der Waals surface area contributed by atoms with Gasteiger partial charge in [0.1, 0.15) is 10.8 Å². The molecule has 96 valence electrons. The molecule has 2 nitrogen and oxygen atoms in total. The van der Waals surface area contributed by atoms with Crippen LogP contribution in [0.2, 0.25) is 0 Å². The molecule has 0 unspecified atom stereocenters. The molecule has 3 rings (SSSR count). The summed E-state index contributed by atoms with van der Waals surface area (Å²) < 4.78 is 13.9. The van der Waals surface area contributed by atoms with Crippen LogP contribution in [-0.4, -0.2) is 4.99 Å². The number of benzene rings is 2. The summed E-state index contributed by atoms with van der Waals surface area (Å²) in [4.78, 5) is 2.20. The van der Waals surface area contributed by atoms with Crippen LogP contribution in [0.25, 0.3) is 0 Å². The van der Waals surface area contributed by atoms with Crippen LogP contribution in [-0.2, 0) is 13.1 Å². The molecular weight excluding hydrogens is 259 g/mol. The SMILES string of the molecule is NC(=S)c1c(F)cccc1N1Cc2ccccc2C1. The van der Waals surface area contributed by atoms with Gasteiger partial charge in [-0.05, 0) is 23.3 Å². The van der Waals surface area contributed by atoms with Crippen LogP contribution in [0.4, 0.5) is 10.1 Å². The molecule has 2 N–H and O–H groups in total. The highest BCUT2D eigenvalue weighted by Crippen LogP contribution is 2.31. The number of anilines is 1. The number of fused-ring (bicyclic) bond motifs is 1. The molecule has 0 aromatic heterocycles. The third-order valence-electron chi connectivity index (χ3n) is 3.42. The maximum absolute atomic E-state index is 13.9. The molecule has 1 aliphatic heterocycles. The van der Waals surface area contributed by atoms with Crippen LogP contribution >= 0.6 is 12.2 Å². The Labute approximate surface area is 116 Å². The van der Waals surface area contributed by atoms with Gasteiger partial charge >= 0.3 is 0 Å². The van der Waals surface area contributed by atoms with Gasteiger partial charge in [0.05, 0.1) is 11.3 Å². The monoisotopic (exact) mass is 272 g/mol. The lowest BCUT2D eigenvalue weighted by Gasteiger charge is -2.21. The fourth-order valence-corrected chi connectivity index (χ4v) is 2.73. The second-order valence-corrected chi connectivity index (χ2v) is 5.06. The molecule has 0 bridgehead atoms. The van der Waals surface area contributed by atoms with Gasteiger partial charge in [-0.1, -0.05) is 42.5 Å². The van der Waals surface area contributed by atoms with E-state index in [1.54, 1.807) is 6.07 Å². The molecule has 0 atom stereocenters. The van der Waals surface area contributed by atoms with E-state index in [1.807, 2.05) is 18.2 Å². The first-order valence-electron chi connectivity index (χ1n) is 6.07. The van der Waals surface area contributed by atoms with E-state index in [4.69, 9.17) is 18.0 Å². The third-order valence-corrected chi connectivity index (χ3v) is 3.62. The van der Waals surface area contributed by atoms with E-state index in [-0.39, 0.29) is 10.8 Å². The highest BCUT2D eigenvalue weighted by atomic mass is 32.1. The van der Waals surface area contributed by atoms with Gasteiger partial charge in [-0.2, -0.15) is 0 Å². The van der Waals surface area contributed by atoms with Gasteiger partial charge in [0, 0.05) is 13.1 Å². The molecule has 19 heavy (non-hydrogen) atoms. The first-order chi connectivity index (χ1) is 9.16. The van der Waals surface area contributed by atoms with Crippen molar-refractivity contribution < 1.29 is 4.39 Å². The third kappa shape index (κ3) is 2.08. The minimum absolute atomic E-state index is 0.101. The number of nitrogens with two attached hydrogens (primary N) is 1. The first-order valence-corrected chi connectivity index (χ1v) is 6.47. The van der Waals surface area contributed by atoms with Gasteiger partial charge in [0.2, 0.25) is 0 Å². The summed E-state index contributed by atoms with van der Waals surface area (Å²) in [5.41, 5.74) is 9.29. The highest BCUT2D eigenvalue weighted by Gasteiger charge is 2.22. The number of hydrogen-bond acceptors (Lipinski definition) is 2. The zero-order valence-electron chi connectivity index (χ0n) is 10.3. The van der Waals surface area contributed by atoms with Crippen molar-refractivity contribution in [3.8, 4) is 0 Å². The second kappa shape index (κ2) is 4.63. The zero-order chi connectivity index (χ0) is 13.4. The molecule has 1 heterocycles. The predicted octanol–water partition coefficient (Wildman–Crippen LogP) is 2.98. The number of halogens is 1. The van der Waals surface area contributed by atoms with Crippen LogP contribution in [0.3, 0.4) is 0 Å². The molecule has 0 fully saturated rings. The Morgan fingerprint density at radius 1 is 1.05 bits per heavy atom. The molecule has 2 aromatic rings. The first kappa shape index (κ1) is 12.1. The molecule has 0 spiro atoms. The van der Waals surface area contributed by atoms with Gasteiger partial charge in [-0.25, -0.2) is 4.39 Å². The van der Waals surface area contributed by atoms with Crippen LogP contribution in [0.15, 0.2) is 42.5 Å². The van der Waals surface area contributed by atoms with E-state index in [0.29, 0.717) is 5.56 Å². The lowest BCUT2D eigenvalue weighted by Crippen LogP contribution is -2.21. The molecule has 0 radical (unpaired) electrons. The van der Waals surface area contributed by atoms with Crippen molar-refractivity contribution in [3.63, 3.8) is 0 Å². The number of thiocarbonyl (C=S) groups is 1. The quantitative estimate of drug-likeness (QED) is 0.852. The van der Waals surface area contributed by atoms with Crippen molar-refractivity contribution in [2.24, 2.45) is 5.73 Å². The fourth-order valence-electron chi connectivity index (χ4n) is 2.52. The summed E-state index contributed by atoms with van der Waals surface area (Å²) >= 11 is 4.97. The molecule has 4 heteroatoms. The molecule has 1 aliphatic rings. The van der Waals surface area contributed by atoms with Crippen molar-refractivity contribution in [2.45, 2.75) is 13.1 Å². The summed E-state index contributed by atoms with van der Waals surface area (Å²) in [6, 6.07) is 13.2. The van der Waals surface area contributed by atoms with Crippen molar-refractivity contribution >= 4 is 22.9 Å². The highest BCUT2D eigenvalue weighted by molar-refractivity contribution is 7.80. The lowest BCUT2D eigenvalue weighted by molar-refractivity contribution is 0.624. The summed E-state index contributed by atoms with van der Waals surface area (Å²) in [5.74, 6) is -0.360. The Bertz CT molecular complexity index is 629. The molecule has 0 saturated heterocycles. The normalized spacial score (nSPS) is 13.4. The Balaban J connectivity index is 2.02. The molecule has 0 aliphatic carbocycles. The topological polar surface area (TPSA) is 29.3 Å². The lowest BCUT2D eigenvalue weighted by atomic mass is 10.1.